The number of benzene rings is 2. The molecule has 0 unspecified atom stereocenters. The van der Waals surface area contributed by atoms with Crippen molar-refractivity contribution in [3.8, 4) is 28.8 Å². The molecular weight excluding hydrogens is 344 g/mol. The number of aromatic hydroxyl groups is 1. The van der Waals surface area contributed by atoms with E-state index in [1.807, 2.05) is 60.8 Å². The van der Waals surface area contributed by atoms with Crippen molar-refractivity contribution in [2.75, 3.05) is 0 Å². The Morgan fingerprint density at radius 1 is 1.00 bits per heavy atom. The predicted molar refractivity (Wildman–Crippen MR) is 105 cm³/mol. The molecule has 0 amide bonds. The first-order valence-corrected chi connectivity index (χ1v) is 8.56. The van der Waals surface area contributed by atoms with Crippen LogP contribution in [0.25, 0.3) is 21.9 Å². The normalized spacial score (nSPS) is 10.5. The molecule has 0 saturated carbocycles. The Balaban J connectivity index is 1.70. The number of nitrogens with zero attached hydrogens (tertiary/aromatic N) is 2. The molecule has 26 heavy (non-hydrogen) atoms. The molecule has 4 rings (SSSR count). The van der Waals surface area contributed by atoms with Crippen molar-refractivity contribution in [2.45, 2.75) is 6.54 Å². The summed E-state index contributed by atoms with van der Waals surface area (Å²) < 4.78 is 1.71. The van der Waals surface area contributed by atoms with E-state index in [-0.39, 0.29) is 5.88 Å². The summed E-state index contributed by atoms with van der Waals surface area (Å²) in [5.74, 6) is 6.31. The van der Waals surface area contributed by atoms with Gasteiger partial charge in [-0.15, -0.1) is 0 Å². The Labute approximate surface area is 156 Å². The molecule has 126 valence electrons. The minimum atomic E-state index is 0.133. The molecule has 0 aliphatic rings. The number of hydrogen-bond acceptors (Lipinski definition) is 2. The van der Waals surface area contributed by atoms with Crippen LogP contribution in [0.1, 0.15) is 5.56 Å². The monoisotopic (exact) mass is 358 g/mol. The third-order valence-electron chi connectivity index (χ3n) is 4.18. The minimum Gasteiger partial charge on any atom is -0.494 e. The Hall–Kier alpha value is -3.22. The van der Waals surface area contributed by atoms with Gasteiger partial charge in [-0.2, -0.15) is 0 Å². The number of halogens is 1. The zero-order valence-electron chi connectivity index (χ0n) is 13.9. The van der Waals surface area contributed by atoms with Gasteiger partial charge in [0.25, 0.3) is 0 Å². The van der Waals surface area contributed by atoms with E-state index in [9.17, 15) is 5.11 Å². The minimum absolute atomic E-state index is 0.133. The molecule has 1 N–H and O–H groups in total. The van der Waals surface area contributed by atoms with Gasteiger partial charge in [0, 0.05) is 29.5 Å². The van der Waals surface area contributed by atoms with Crippen molar-refractivity contribution in [3.05, 3.63) is 83.8 Å². The van der Waals surface area contributed by atoms with E-state index >= 15 is 0 Å². The molecule has 0 spiro atoms. The lowest BCUT2D eigenvalue weighted by Gasteiger charge is -2.03. The summed E-state index contributed by atoms with van der Waals surface area (Å²) >= 11 is 6.44. The Morgan fingerprint density at radius 3 is 2.54 bits per heavy atom. The van der Waals surface area contributed by atoms with Crippen LogP contribution in [0.4, 0.5) is 0 Å². The third kappa shape index (κ3) is 3.15. The Bertz CT molecular complexity index is 1120. The quantitative estimate of drug-likeness (QED) is 0.505. The molecule has 0 saturated heterocycles. The summed E-state index contributed by atoms with van der Waals surface area (Å²) in [5.41, 5.74) is 2.96. The average molecular weight is 359 g/mol. The standard InChI is InChI=1S/C22H15ClN2O/c23-20-14-18(17-8-10-24-11-9-17)13-19-15-25(22(26)21(19)20)12-4-7-16-5-2-1-3-6-16/h1-3,5-6,8-11,13-15,26H,12H2. The first kappa shape index (κ1) is 16.3. The van der Waals surface area contributed by atoms with Gasteiger partial charge in [0.1, 0.15) is 0 Å². The van der Waals surface area contributed by atoms with E-state index in [1.54, 1.807) is 17.0 Å². The number of pyridine rings is 1. The number of aromatic nitrogens is 2. The molecule has 2 aromatic carbocycles. The molecule has 0 bridgehead atoms. The van der Waals surface area contributed by atoms with Crippen molar-refractivity contribution in [1.29, 1.82) is 0 Å². The van der Waals surface area contributed by atoms with Crippen LogP contribution in [0.3, 0.4) is 0 Å². The molecule has 0 atom stereocenters. The van der Waals surface area contributed by atoms with E-state index in [2.05, 4.69) is 16.8 Å². The second kappa shape index (κ2) is 6.95. The van der Waals surface area contributed by atoms with Crippen molar-refractivity contribution < 1.29 is 5.11 Å². The number of hydrogen-bond donors (Lipinski definition) is 1. The highest BCUT2D eigenvalue weighted by atomic mass is 35.5. The second-order valence-electron chi connectivity index (χ2n) is 5.91. The van der Waals surface area contributed by atoms with Gasteiger partial charge >= 0.3 is 0 Å². The summed E-state index contributed by atoms with van der Waals surface area (Å²) in [6, 6.07) is 17.5. The maximum Gasteiger partial charge on any atom is 0.201 e. The van der Waals surface area contributed by atoms with Crippen molar-refractivity contribution in [2.24, 2.45) is 0 Å². The lowest BCUT2D eigenvalue weighted by atomic mass is 10.0. The summed E-state index contributed by atoms with van der Waals surface area (Å²) in [6.07, 6.45) is 5.37. The van der Waals surface area contributed by atoms with E-state index in [1.165, 1.54) is 0 Å². The van der Waals surface area contributed by atoms with Crippen LogP contribution in [0.5, 0.6) is 5.88 Å². The van der Waals surface area contributed by atoms with Crippen LogP contribution >= 0.6 is 11.6 Å². The Kier molecular flexibility index (Phi) is 4.35. The highest BCUT2D eigenvalue weighted by Gasteiger charge is 2.13. The van der Waals surface area contributed by atoms with Crippen molar-refractivity contribution in [3.63, 3.8) is 0 Å². The van der Waals surface area contributed by atoms with Gasteiger partial charge in [0.15, 0.2) is 0 Å². The van der Waals surface area contributed by atoms with Gasteiger partial charge in [-0.05, 0) is 47.5 Å². The highest BCUT2D eigenvalue weighted by molar-refractivity contribution is 6.36. The van der Waals surface area contributed by atoms with Gasteiger partial charge in [0.2, 0.25) is 5.88 Å². The molecule has 2 aromatic heterocycles. The summed E-state index contributed by atoms with van der Waals surface area (Å²) in [5, 5.41) is 12.6. The molecule has 0 radical (unpaired) electrons. The molecule has 4 heteroatoms. The maximum absolute atomic E-state index is 10.5. The summed E-state index contributed by atoms with van der Waals surface area (Å²) in [6.45, 7) is 0.385. The van der Waals surface area contributed by atoms with E-state index < -0.39 is 0 Å². The molecule has 0 aliphatic carbocycles. The van der Waals surface area contributed by atoms with Crippen LogP contribution in [0, 0.1) is 11.8 Å². The summed E-state index contributed by atoms with van der Waals surface area (Å²) in [7, 11) is 0. The molecule has 4 aromatic rings. The number of fused-ring (bicyclic) bond motifs is 1. The topological polar surface area (TPSA) is 38.1 Å². The van der Waals surface area contributed by atoms with Crippen LogP contribution in [0.2, 0.25) is 5.02 Å². The van der Waals surface area contributed by atoms with Crippen LogP contribution in [-0.2, 0) is 6.54 Å². The Morgan fingerprint density at radius 2 is 1.77 bits per heavy atom. The van der Waals surface area contributed by atoms with Gasteiger partial charge in [-0.1, -0.05) is 41.6 Å². The molecular formula is C22H15ClN2O. The fraction of sp³-hybridized carbons (Fsp3) is 0.0455. The largest absolute Gasteiger partial charge is 0.494 e. The lowest BCUT2D eigenvalue weighted by Crippen LogP contribution is -1.91. The fourth-order valence-corrected chi connectivity index (χ4v) is 3.23. The number of rotatable bonds is 2. The molecule has 0 fully saturated rings. The molecule has 3 nitrogen and oxygen atoms in total. The predicted octanol–water partition coefficient (Wildman–Crippen LogP) is 5.11. The highest BCUT2D eigenvalue weighted by Crippen LogP contribution is 2.37. The molecule has 0 aliphatic heterocycles. The second-order valence-corrected chi connectivity index (χ2v) is 6.31. The third-order valence-corrected chi connectivity index (χ3v) is 4.48. The maximum atomic E-state index is 10.5. The first-order chi connectivity index (χ1) is 12.7. The summed E-state index contributed by atoms with van der Waals surface area (Å²) in [4.78, 5) is 4.04. The van der Waals surface area contributed by atoms with Gasteiger partial charge in [-0.3, -0.25) is 4.98 Å². The van der Waals surface area contributed by atoms with Crippen LogP contribution in [-0.4, -0.2) is 14.7 Å². The van der Waals surface area contributed by atoms with Crippen LogP contribution < -0.4 is 0 Å². The SMILES string of the molecule is Oc1c2c(Cl)cc(-c3ccncc3)cc2cn1CC#Cc1ccccc1. The van der Waals surface area contributed by atoms with Crippen LogP contribution in [0.15, 0.2) is 73.2 Å². The lowest BCUT2D eigenvalue weighted by molar-refractivity contribution is 0.433. The average Bonchev–Trinajstić information content (AvgIpc) is 2.99. The molecule has 2 heterocycles. The van der Waals surface area contributed by atoms with Gasteiger partial charge in [-0.25, -0.2) is 0 Å². The van der Waals surface area contributed by atoms with Crippen molar-refractivity contribution in [1.82, 2.24) is 9.55 Å². The zero-order valence-corrected chi connectivity index (χ0v) is 14.6. The fourth-order valence-electron chi connectivity index (χ4n) is 2.92. The first-order valence-electron chi connectivity index (χ1n) is 8.18. The van der Waals surface area contributed by atoms with E-state index in [4.69, 9.17) is 11.6 Å². The zero-order chi connectivity index (χ0) is 17.9. The van der Waals surface area contributed by atoms with Gasteiger partial charge in [0.05, 0.1) is 17.0 Å². The van der Waals surface area contributed by atoms with Crippen molar-refractivity contribution >= 4 is 22.4 Å². The van der Waals surface area contributed by atoms with Gasteiger partial charge < -0.3 is 9.67 Å². The van der Waals surface area contributed by atoms with E-state index in [0.29, 0.717) is 17.0 Å². The smallest absolute Gasteiger partial charge is 0.201 e. The van der Waals surface area contributed by atoms with E-state index in [0.717, 1.165) is 22.1 Å².